The summed E-state index contributed by atoms with van der Waals surface area (Å²) in [6.45, 7) is 2.90. The van der Waals surface area contributed by atoms with E-state index in [2.05, 4.69) is 4.90 Å². The summed E-state index contributed by atoms with van der Waals surface area (Å²) in [6.07, 6.45) is 4.07. The highest BCUT2D eigenvalue weighted by molar-refractivity contribution is 6.22. The van der Waals surface area contributed by atoms with Gasteiger partial charge in [0.05, 0.1) is 18.2 Å². The molecule has 124 valence electrons. The first kappa shape index (κ1) is 16.1. The maximum absolute atomic E-state index is 12.9. The number of amides is 2. The molecule has 3 rings (SSSR count). The van der Waals surface area contributed by atoms with Gasteiger partial charge in [0.1, 0.15) is 0 Å². The number of carbonyl (C=O) groups is 2. The van der Waals surface area contributed by atoms with E-state index >= 15 is 0 Å². The summed E-state index contributed by atoms with van der Waals surface area (Å²) < 4.78 is 0. The predicted molar refractivity (Wildman–Crippen MR) is 88.1 cm³/mol. The highest BCUT2D eigenvalue weighted by Gasteiger charge is 2.44. The number of piperidine rings is 1. The SMILES string of the molecule is Cc1cccc(N2C(=O)C[C@H](N3CCCC[C@H]3CCO)C2=O)c1. The molecular weight excluding hydrogens is 292 g/mol. The lowest BCUT2D eigenvalue weighted by atomic mass is 9.97. The molecule has 0 saturated carbocycles. The van der Waals surface area contributed by atoms with Gasteiger partial charge in [0.15, 0.2) is 0 Å². The third-order valence-corrected chi connectivity index (χ3v) is 4.92. The highest BCUT2D eigenvalue weighted by atomic mass is 16.3. The first-order chi connectivity index (χ1) is 11.1. The minimum Gasteiger partial charge on any atom is -0.396 e. The van der Waals surface area contributed by atoms with Crippen molar-refractivity contribution in [2.45, 2.75) is 51.1 Å². The van der Waals surface area contributed by atoms with Crippen molar-refractivity contribution in [3.63, 3.8) is 0 Å². The first-order valence-corrected chi connectivity index (χ1v) is 8.42. The summed E-state index contributed by atoms with van der Waals surface area (Å²) in [7, 11) is 0. The van der Waals surface area contributed by atoms with Crippen LogP contribution in [-0.2, 0) is 9.59 Å². The van der Waals surface area contributed by atoms with Crippen LogP contribution in [0.25, 0.3) is 0 Å². The summed E-state index contributed by atoms with van der Waals surface area (Å²) in [4.78, 5) is 28.8. The summed E-state index contributed by atoms with van der Waals surface area (Å²) in [5, 5.41) is 9.27. The standard InChI is InChI=1S/C18H24N2O3/c1-13-5-4-7-15(11-13)20-17(22)12-16(18(20)23)19-9-3-2-6-14(19)8-10-21/h4-5,7,11,14,16,21H,2-3,6,8-10,12H2,1H3/t14-,16-/m0/s1. The van der Waals surface area contributed by atoms with Crippen LogP contribution in [0.3, 0.4) is 0 Å². The molecule has 1 aromatic rings. The van der Waals surface area contributed by atoms with Gasteiger partial charge < -0.3 is 5.11 Å². The van der Waals surface area contributed by atoms with Crippen LogP contribution in [0.1, 0.15) is 37.7 Å². The van der Waals surface area contributed by atoms with Crippen LogP contribution in [0.5, 0.6) is 0 Å². The Morgan fingerprint density at radius 2 is 2.09 bits per heavy atom. The molecule has 0 radical (unpaired) electrons. The quantitative estimate of drug-likeness (QED) is 0.862. The van der Waals surface area contributed by atoms with Crippen molar-refractivity contribution in [3.8, 4) is 0 Å². The Bertz CT molecular complexity index is 600. The summed E-state index contributed by atoms with van der Waals surface area (Å²) in [6, 6.07) is 7.33. The largest absolute Gasteiger partial charge is 0.396 e. The van der Waals surface area contributed by atoms with E-state index in [1.807, 2.05) is 31.2 Å². The Labute approximate surface area is 136 Å². The lowest BCUT2D eigenvalue weighted by Gasteiger charge is -2.38. The average Bonchev–Trinajstić information content (AvgIpc) is 2.83. The number of imide groups is 1. The molecule has 2 atom stereocenters. The number of nitrogens with zero attached hydrogens (tertiary/aromatic N) is 2. The molecule has 0 spiro atoms. The molecule has 0 aliphatic carbocycles. The van der Waals surface area contributed by atoms with Gasteiger partial charge in [-0.05, 0) is 50.4 Å². The molecule has 2 aliphatic rings. The maximum Gasteiger partial charge on any atom is 0.251 e. The maximum atomic E-state index is 12.9. The van der Waals surface area contributed by atoms with Crippen LogP contribution in [0.4, 0.5) is 5.69 Å². The average molecular weight is 316 g/mol. The highest BCUT2D eigenvalue weighted by Crippen LogP contribution is 2.30. The van der Waals surface area contributed by atoms with E-state index in [0.717, 1.165) is 31.4 Å². The van der Waals surface area contributed by atoms with Crippen molar-refractivity contribution >= 4 is 17.5 Å². The van der Waals surface area contributed by atoms with Gasteiger partial charge in [0.2, 0.25) is 5.91 Å². The van der Waals surface area contributed by atoms with Crippen molar-refractivity contribution in [2.24, 2.45) is 0 Å². The molecule has 2 heterocycles. The molecule has 0 aromatic heterocycles. The van der Waals surface area contributed by atoms with Crippen LogP contribution in [-0.4, -0.2) is 47.1 Å². The number of hydrogen-bond donors (Lipinski definition) is 1. The van der Waals surface area contributed by atoms with Crippen molar-refractivity contribution in [1.29, 1.82) is 0 Å². The summed E-state index contributed by atoms with van der Waals surface area (Å²) >= 11 is 0. The number of anilines is 1. The lowest BCUT2D eigenvalue weighted by molar-refractivity contribution is -0.123. The van der Waals surface area contributed by atoms with E-state index < -0.39 is 0 Å². The fraction of sp³-hybridized carbons (Fsp3) is 0.556. The van der Waals surface area contributed by atoms with Gasteiger partial charge in [-0.3, -0.25) is 14.5 Å². The van der Waals surface area contributed by atoms with Gasteiger partial charge in [-0.15, -0.1) is 0 Å². The zero-order valence-corrected chi connectivity index (χ0v) is 13.6. The minimum absolute atomic E-state index is 0.120. The normalized spacial score (nSPS) is 26.1. The molecular formula is C18H24N2O3. The van der Waals surface area contributed by atoms with Gasteiger partial charge >= 0.3 is 0 Å². The van der Waals surface area contributed by atoms with Crippen LogP contribution < -0.4 is 4.90 Å². The van der Waals surface area contributed by atoms with E-state index in [9.17, 15) is 14.7 Å². The second-order valence-electron chi connectivity index (χ2n) is 6.53. The van der Waals surface area contributed by atoms with E-state index in [1.54, 1.807) is 0 Å². The summed E-state index contributed by atoms with van der Waals surface area (Å²) in [5.41, 5.74) is 1.70. The molecule has 1 aromatic carbocycles. The number of aryl methyl sites for hydroxylation is 1. The van der Waals surface area contributed by atoms with Gasteiger partial charge in [-0.2, -0.15) is 0 Å². The second-order valence-corrected chi connectivity index (χ2v) is 6.53. The zero-order chi connectivity index (χ0) is 16.4. The molecule has 0 bridgehead atoms. The molecule has 0 unspecified atom stereocenters. The Morgan fingerprint density at radius 1 is 1.26 bits per heavy atom. The van der Waals surface area contributed by atoms with Crippen molar-refractivity contribution < 1.29 is 14.7 Å². The molecule has 2 aliphatic heterocycles. The molecule has 2 saturated heterocycles. The second kappa shape index (κ2) is 6.81. The third-order valence-electron chi connectivity index (χ3n) is 4.92. The first-order valence-electron chi connectivity index (χ1n) is 8.42. The summed E-state index contributed by atoms with van der Waals surface area (Å²) in [5.74, 6) is -0.246. The van der Waals surface area contributed by atoms with Crippen molar-refractivity contribution in [2.75, 3.05) is 18.1 Å². The zero-order valence-electron chi connectivity index (χ0n) is 13.6. The number of aliphatic hydroxyl groups excluding tert-OH is 1. The number of carbonyl (C=O) groups excluding carboxylic acids is 2. The van der Waals surface area contributed by atoms with Crippen LogP contribution in [0.2, 0.25) is 0 Å². The molecule has 2 amide bonds. The Balaban J connectivity index is 1.83. The number of aliphatic hydroxyl groups is 1. The fourth-order valence-electron chi connectivity index (χ4n) is 3.81. The molecule has 5 nitrogen and oxygen atoms in total. The molecule has 1 N–H and O–H groups in total. The monoisotopic (exact) mass is 316 g/mol. The van der Waals surface area contributed by atoms with Gasteiger partial charge in [0.25, 0.3) is 5.91 Å². The predicted octanol–water partition coefficient (Wildman–Crippen LogP) is 1.86. The number of likely N-dealkylation sites (tertiary alicyclic amines) is 1. The van der Waals surface area contributed by atoms with Gasteiger partial charge in [0, 0.05) is 12.6 Å². The van der Waals surface area contributed by atoms with E-state index in [1.165, 1.54) is 4.90 Å². The molecule has 5 heteroatoms. The number of benzene rings is 1. The number of hydrogen-bond acceptors (Lipinski definition) is 4. The molecule has 2 fully saturated rings. The smallest absolute Gasteiger partial charge is 0.251 e. The topological polar surface area (TPSA) is 60.9 Å². The van der Waals surface area contributed by atoms with E-state index in [4.69, 9.17) is 0 Å². The van der Waals surface area contributed by atoms with Gasteiger partial charge in [-0.25, -0.2) is 4.90 Å². The van der Waals surface area contributed by atoms with E-state index in [0.29, 0.717) is 12.1 Å². The van der Waals surface area contributed by atoms with Crippen molar-refractivity contribution in [3.05, 3.63) is 29.8 Å². The van der Waals surface area contributed by atoms with Crippen LogP contribution in [0.15, 0.2) is 24.3 Å². The van der Waals surface area contributed by atoms with E-state index in [-0.39, 0.29) is 36.9 Å². The molecule has 23 heavy (non-hydrogen) atoms. The fourth-order valence-corrected chi connectivity index (χ4v) is 3.81. The lowest BCUT2D eigenvalue weighted by Crippen LogP contribution is -2.50. The van der Waals surface area contributed by atoms with Crippen LogP contribution in [0, 0.1) is 6.92 Å². The van der Waals surface area contributed by atoms with Crippen molar-refractivity contribution in [1.82, 2.24) is 4.90 Å². The third kappa shape index (κ3) is 3.16. The Morgan fingerprint density at radius 3 is 2.83 bits per heavy atom. The Hall–Kier alpha value is -1.72. The van der Waals surface area contributed by atoms with Crippen LogP contribution >= 0.6 is 0 Å². The van der Waals surface area contributed by atoms with Gasteiger partial charge in [-0.1, -0.05) is 18.6 Å². The minimum atomic E-state index is -0.375. The number of rotatable bonds is 4. The Kier molecular flexibility index (Phi) is 4.78.